The van der Waals surface area contributed by atoms with Gasteiger partial charge in [-0.15, -0.1) is 0 Å². The summed E-state index contributed by atoms with van der Waals surface area (Å²) in [6.07, 6.45) is 1.33. The van der Waals surface area contributed by atoms with E-state index in [4.69, 9.17) is 4.74 Å². The van der Waals surface area contributed by atoms with E-state index in [1.54, 1.807) is 37.4 Å². The number of sulfonamides is 1. The summed E-state index contributed by atoms with van der Waals surface area (Å²) in [5.41, 5.74) is 3.93. The molecule has 8 nitrogen and oxygen atoms in total. The number of hydrogen-bond donors (Lipinski definition) is 1. The SMILES string of the molecule is CNC(=O)[C@@H](Cc1ccccc1)N(Cc1cccc(OC)c1)C(=O)CN(c1ccc(C)c(C)c1)S(C)(=O)=O. The van der Waals surface area contributed by atoms with Crippen LogP contribution in [0.2, 0.25) is 0 Å². The molecule has 3 rings (SSSR count). The van der Waals surface area contributed by atoms with Crippen LogP contribution in [0.4, 0.5) is 5.69 Å². The van der Waals surface area contributed by atoms with Crippen molar-refractivity contribution in [3.8, 4) is 5.75 Å². The molecule has 0 aliphatic rings. The number of methoxy groups -OCH3 is 1. The molecule has 0 heterocycles. The maximum absolute atomic E-state index is 13.9. The van der Waals surface area contributed by atoms with E-state index >= 15 is 0 Å². The Morgan fingerprint density at radius 2 is 1.61 bits per heavy atom. The zero-order chi connectivity index (χ0) is 27.9. The molecule has 9 heteroatoms. The molecular weight excluding hydrogens is 502 g/mol. The van der Waals surface area contributed by atoms with Gasteiger partial charge in [-0.05, 0) is 60.4 Å². The Kier molecular flexibility index (Phi) is 9.52. The topological polar surface area (TPSA) is 96.0 Å². The van der Waals surface area contributed by atoms with Crippen LogP contribution in [0.5, 0.6) is 5.75 Å². The number of anilines is 1. The fraction of sp³-hybridized carbons (Fsp3) is 0.310. The molecule has 0 radical (unpaired) electrons. The second-order valence-electron chi connectivity index (χ2n) is 9.23. The number of likely N-dealkylation sites (N-methyl/N-ethyl adjacent to an activating group) is 1. The number of carbonyl (C=O) groups is 2. The number of ether oxygens (including phenoxy) is 1. The third-order valence-electron chi connectivity index (χ3n) is 6.46. The maximum Gasteiger partial charge on any atom is 0.244 e. The van der Waals surface area contributed by atoms with Crippen LogP contribution in [0.3, 0.4) is 0 Å². The van der Waals surface area contributed by atoms with Gasteiger partial charge >= 0.3 is 0 Å². The fourth-order valence-electron chi connectivity index (χ4n) is 4.18. The molecule has 1 atom stereocenters. The van der Waals surface area contributed by atoms with Crippen LogP contribution >= 0.6 is 0 Å². The molecule has 0 unspecified atom stereocenters. The van der Waals surface area contributed by atoms with Crippen molar-refractivity contribution in [3.63, 3.8) is 0 Å². The van der Waals surface area contributed by atoms with E-state index < -0.39 is 28.5 Å². The molecular formula is C29H35N3O5S. The minimum Gasteiger partial charge on any atom is -0.497 e. The Labute approximate surface area is 225 Å². The first-order valence-electron chi connectivity index (χ1n) is 12.3. The number of nitrogens with one attached hydrogen (secondary N) is 1. The lowest BCUT2D eigenvalue weighted by molar-refractivity contribution is -0.139. The van der Waals surface area contributed by atoms with Crippen molar-refractivity contribution < 1.29 is 22.7 Å². The smallest absolute Gasteiger partial charge is 0.244 e. The van der Waals surface area contributed by atoms with Crippen LogP contribution in [-0.4, -0.2) is 58.1 Å². The summed E-state index contributed by atoms with van der Waals surface area (Å²) in [5, 5.41) is 2.67. The van der Waals surface area contributed by atoms with Gasteiger partial charge in [0, 0.05) is 20.0 Å². The van der Waals surface area contributed by atoms with E-state index in [0.29, 0.717) is 11.4 Å². The Balaban J connectivity index is 2.04. The third-order valence-corrected chi connectivity index (χ3v) is 7.60. The molecule has 38 heavy (non-hydrogen) atoms. The van der Waals surface area contributed by atoms with Gasteiger partial charge in [-0.2, -0.15) is 0 Å². The van der Waals surface area contributed by atoms with Gasteiger partial charge in [0.25, 0.3) is 0 Å². The van der Waals surface area contributed by atoms with Crippen molar-refractivity contribution in [2.24, 2.45) is 0 Å². The molecule has 0 aromatic heterocycles. The minimum atomic E-state index is -3.80. The average molecular weight is 538 g/mol. The monoisotopic (exact) mass is 537 g/mol. The molecule has 0 spiro atoms. The Bertz CT molecular complexity index is 1380. The van der Waals surface area contributed by atoms with E-state index in [0.717, 1.165) is 32.8 Å². The van der Waals surface area contributed by atoms with E-state index in [1.165, 1.54) is 11.9 Å². The van der Waals surface area contributed by atoms with Crippen molar-refractivity contribution >= 4 is 27.5 Å². The summed E-state index contributed by atoms with van der Waals surface area (Å²) in [7, 11) is -0.731. The number of nitrogens with zero attached hydrogens (tertiary/aromatic N) is 2. The number of rotatable bonds is 11. The van der Waals surface area contributed by atoms with Crippen molar-refractivity contribution in [3.05, 3.63) is 95.1 Å². The average Bonchev–Trinajstić information content (AvgIpc) is 2.90. The van der Waals surface area contributed by atoms with Crippen molar-refractivity contribution in [1.29, 1.82) is 0 Å². The zero-order valence-electron chi connectivity index (χ0n) is 22.5. The molecule has 0 fully saturated rings. The van der Waals surface area contributed by atoms with Gasteiger partial charge in [-0.1, -0.05) is 48.5 Å². The summed E-state index contributed by atoms with van der Waals surface area (Å²) in [6.45, 7) is 3.46. The maximum atomic E-state index is 13.9. The summed E-state index contributed by atoms with van der Waals surface area (Å²) in [6, 6.07) is 21.0. The normalized spacial score (nSPS) is 11.9. The molecule has 0 saturated heterocycles. The van der Waals surface area contributed by atoms with Gasteiger partial charge in [0.2, 0.25) is 21.8 Å². The van der Waals surface area contributed by atoms with Gasteiger partial charge in [-0.25, -0.2) is 8.42 Å². The molecule has 1 N–H and O–H groups in total. The summed E-state index contributed by atoms with van der Waals surface area (Å²) in [4.78, 5) is 28.5. The quantitative estimate of drug-likeness (QED) is 0.404. The lowest BCUT2D eigenvalue weighted by Gasteiger charge is -2.33. The van der Waals surface area contributed by atoms with Crippen LogP contribution in [0.15, 0.2) is 72.8 Å². The van der Waals surface area contributed by atoms with E-state index in [-0.39, 0.29) is 18.9 Å². The van der Waals surface area contributed by atoms with E-state index in [1.807, 2.05) is 56.3 Å². The molecule has 2 amide bonds. The van der Waals surface area contributed by atoms with Gasteiger partial charge in [0.05, 0.1) is 19.1 Å². The first-order chi connectivity index (χ1) is 18.0. The predicted molar refractivity (Wildman–Crippen MR) is 150 cm³/mol. The molecule has 0 aliphatic carbocycles. The summed E-state index contributed by atoms with van der Waals surface area (Å²) in [5.74, 6) is -0.231. The lowest BCUT2D eigenvalue weighted by atomic mass is 10.0. The van der Waals surface area contributed by atoms with Crippen molar-refractivity contribution in [1.82, 2.24) is 10.2 Å². The highest BCUT2D eigenvalue weighted by atomic mass is 32.2. The highest BCUT2D eigenvalue weighted by Gasteiger charge is 2.32. The van der Waals surface area contributed by atoms with Crippen LogP contribution < -0.4 is 14.4 Å². The van der Waals surface area contributed by atoms with Crippen molar-refractivity contribution in [2.45, 2.75) is 32.9 Å². The van der Waals surface area contributed by atoms with E-state index in [2.05, 4.69) is 5.32 Å². The Hall–Kier alpha value is -3.85. The third kappa shape index (κ3) is 7.35. The highest BCUT2D eigenvalue weighted by molar-refractivity contribution is 7.92. The van der Waals surface area contributed by atoms with Crippen LogP contribution in [0.25, 0.3) is 0 Å². The van der Waals surface area contributed by atoms with Gasteiger partial charge < -0.3 is 15.0 Å². The molecule has 3 aromatic rings. The van der Waals surface area contributed by atoms with Crippen LogP contribution in [0.1, 0.15) is 22.3 Å². The van der Waals surface area contributed by atoms with Gasteiger partial charge in [-0.3, -0.25) is 13.9 Å². The number of amides is 2. The lowest BCUT2D eigenvalue weighted by Crippen LogP contribution is -2.52. The number of benzene rings is 3. The van der Waals surface area contributed by atoms with Crippen LogP contribution in [-0.2, 0) is 32.6 Å². The number of aryl methyl sites for hydroxylation is 2. The Morgan fingerprint density at radius 3 is 2.21 bits per heavy atom. The molecule has 0 saturated carbocycles. The first-order valence-corrected chi connectivity index (χ1v) is 14.1. The fourth-order valence-corrected chi connectivity index (χ4v) is 5.02. The standard InChI is InChI=1S/C29H35N3O5S/c1-21-14-15-25(16-22(21)2)32(38(5,35)36)20-28(33)31(19-24-12-9-13-26(17-24)37-4)27(29(34)30-3)18-23-10-7-6-8-11-23/h6-17,27H,18-20H2,1-5H3,(H,30,34)/t27-/m1/s1. The minimum absolute atomic E-state index is 0.0888. The second-order valence-corrected chi connectivity index (χ2v) is 11.1. The largest absolute Gasteiger partial charge is 0.497 e. The van der Waals surface area contributed by atoms with Crippen molar-refractivity contribution in [2.75, 3.05) is 31.3 Å². The second kappa shape index (κ2) is 12.6. The van der Waals surface area contributed by atoms with Gasteiger partial charge in [0.15, 0.2) is 0 Å². The van der Waals surface area contributed by atoms with Crippen LogP contribution in [0, 0.1) is 13.8 Å². The molecule has 0 bridgehead atoms. The Morgan fingerprint density at radius 1 is 0.921 bits per heavy atom. The summed E-state index contributed by atoms with van der Waals surface area (Å²) < 4.78 is 32.1. The van der Waals surface area contributed by atoms with E-state index in [9.17, 15) is 18.0 Å². The van der Waals surface area contributed by atoms with Gasteiger partial charge in [0.1, 0.15) is 18.3 Å². The molecule has 0 aliphatic heterocycles. The highest BCUT2D eigenvalue weighted by Crippen LogP contribution is 2.23. The number of hydrogen-bond acceptors (Lipinski definition) is 5. The zero-order valence-corrected chi connectivity index (χ0v) is 23.3. The summed E-state index contributed by atoms with van der Waals surface area (Å²) >= 11 is 0. The molecule has 3 aromatic carbocycles. The first kappa shape index (κ1) is 28.7. The number of carbonyl (C=O) groups excluding carboxylic acids is 2. The predicted octanol–water partition coefficient (Wildman–Crippen LogP) is 3.46. The molecule has 202 valence electrons.